The molecule has 0 fully saturated rings. The first-order valence-corrected chi connectivity index (χ1v) is 6.35. The van der Waals surface area contributed by atoms with E-state index in [0.717, 1.165) is 22.8 Å². The summed E-state index contributed by atoms with van der Waals surface area (Å²) >= 11 is 0. The lowest BCUT2D eigenvalue weighted by molar-refractivity contribution is 0.101. The van der Waals surface area contributed by atoms with E-state index < -0.39 is 0 Å². The van der Waals surface area contributed by atoms with Gasteiger partial charge in [0.25, 0.3) is 0 Å². The van der Waals surface area contributed by atoms with E-state index in [2.05, 4.69) is 0 Å². The Morgan fingerprint density at radius 2 is 1.85 bits per heavy atom. The summed E-state index contributed by atoms with van der Waals surface area (Å²) in [5.74, 6) is 2.29. The lowest BCUT2D eigenvalue weighted by atomic mass is 10.1. The highest BCUT2D eigenvalue weighted by atomic mass is 16.7. The van der Waals surface area contributed by atoms with Gasteiger partial charge in [-0.2, -0.15) is 0 Å². The molecule has 4 heteroatoms. The van der Waals surface area contributed by atoms with Crippen molar-refractivity contribution < 1.29 is 19.0 Å². The summed E-state index contributed by atoms with van der Waals surface area (Å²) in [5, 5.41) is 0. The SMILES string of the molecule is CC(=O)c1ccc(OCc2ccc3c(c2)OCO3)cc1. The average Bonchev–Trinajstić information content (AvgIpc) is 2.93. The largest absolute Gasteiger partial charge is 0.489 e. The van der Waals surface area contributed by atoms with Gasteiger partial charge in [-0.3, -0.25) is 4.79 Å². The van der Waals surface area contributed by atoms with Crippen LogP contribution in [0.4, 0.5) is 0 Å². The van der Waals surface area contributed by atoms with Crippen LogP contribution < -0.4 is 14.2 Å². The molecule has 0 aliphatic carbocycles. The van der Waals surface area contributed by atoms with Crippen LogP contribution in [0.2, 0.25) is 0 Å². The van der Waals surface area contributed by atoms with Crippen LogP contribution in [-0.4, -0.2) is 12.6 Å². The first-order valence-electron chi connectivity index (χ1n) is 6.35. The predicted octanol–water partition coefficient (Wildman–Crippen LogP) is 3.20. The van der Waals surface area contributed by atoms with Crippen LogP contribution in [0.1, 0.15) is 22.8 Å². The number of ketones is 1. The van der Waals surface area contributed by atoms with Gasteiger partial charge < -0.3 is 14.2 Å². The number of Topliss-reactive ketones (excluding diaryl/α,β-unsaturated/α-hetero) is 1. The van der Waals surface area contributed by atoms with Gasteiger partial charge in [-0.05, 0) is 48.9 Å². The van der Waals surface area contributed by atoms with E-state index in [1.165, 1.54) is 0 Å². The minimum absolute atomic E-state index is 0.0484. The van der Waals surface area contributed by atoms with Gasteiger partial charge in [0, 0.05) is 5.56 Å². The summed E-state index contributed by atoms with van der Waals surface area (Å²) in [5.41, 5.74) is 1.69. The summed E-state index contributed by atoms with van der Waals surface area (Å²) in [6.45, 7) is 2.25. The third-order valence-corrected chi connectivity index (χ3v) is 3.10. The van der Waals surface area contributed by atoms with E-state index in [1.54, 1.807) is 31.2 Å². The minimum Gasteiger partial charge on any atom is -0.489 e. The molecule has 0 unspecified atom stereocenters. The molecule has 1 aliphatic heterocycles. The maximum atomic E-state index is 11.2. The van der Waals surface area contributed by atoms with Gasteiger partial charge in [-0.1, -0.05) is 6.07 Å². The zero-order chi connectivity index (χ0) is 13.9. The Kier molecular flexibility index (Phi) is 3.29. The normalized spacial score (nSPS) is 12.2. The van der Waals surface area contributed by atoms with Gasteiger partial charge in [-0.15, -0.1) is 0 Å². The average molecular weight is 270 g/mol. The van der Waals surface area contributed by atoms with E-state index in [4.69, 9.17) is 14.2 Å². The maximum Gasteiger partial charge on any atom is 0.231 e. The Labute approximate surface area is 116 Å². The van der Waals surface area contributed by atoms with Crippen molar-refractivity contribution >= 4 is 5.78 Å². The highest BCUT2D eigenvalue weighted by molar-refractivity contribution is 5.94. The van der Waals surface area contributed by atoms with Crippen LogP contribution in [0, 0.1) is 0 Å². The van der Waals surface area contributed by atoms with E-state index in [0.29, 0.717) is 12.2 Å². The number of carbonyl (C=O) groups is 1. The summed E-state index contributed by atoms with van der Waals surface area (Å²) in [6.07, 6.45) is 0. The van der Waals surface area contributed by atoms with E-state index in [-0.39, 0.29) is 12.6 Å². The second-order valence-electron chi connectivity index (χ2n) is 4.56. The molecule has 0 radical (unpaired) electrons. The molecule has 4 nitrogen and oxygen atoms in total. The van der Waals surface area contributed by atoms with Crippen LogP contribution in [0.5, 0.6) is 17.2 Å². The van der Waals surface area contributed by atoms with Crippen molar-refractivity contribution in [3.8, 4) is 17.2 Å². The molecule has 20 heavy (non-hydrogen) atoms. The quantitative estimate of drug-likeness (QED) is 0.800. The first kappa shape index (κ1) is 12.5. The fraction of sp³-hybridized carbons (Fsp3) is 0.188. The highest BCUT2D eigenvalue weighted by Crippen LogP contribution is 2.32. The summed E-state index contributed by atoms with van der Waals surface area (Å²) in [4.78, 5) is 11.2. The fourth-order valence-electron chi connectivity index (χ4n) is 1.98. The maximum absolute atomic E-state index is 11.2. The van der Waals surface area contributed by atoms with Gasteiger partial charge >= 0.3 is 0 Å². The van der Waals surface area contributed by atoms with Crippen LogP contribution >= 0.6 is 0 Å². The van der Waals surface area contributed by atoms with Crippen LogP contribution in [0.3, 0.4) is 0 Å². The Morgan fingerprint density at radius 3 is 2.60 bits per heavy atom. The zero-order valence-electron chi connectivity index (χ0n) is 11.1. The number of rotatable bonds is 4. The van der Waals surface area contributed by atoms with Gasteiger partial charge in [0.15, 0.2) is 17.3 Å². The Bertz CT molecular complexity index is 631. The fourth-order valence-corrected chi connectivity index (χ4v) is 1.98. The number of carbonyl (C=O) groups excluding carboxylic acids is 1. The van der Waals surface area contributed by atoms with Crippen molar-refractivity contribution in [2.75, 3.05) is 6.79 Å². The molecule has 1 heterocycles. The highest BCUT2D eigenvalue weighted by Gasteiger charge is 2.13. The Hall–Kier alpha value is -2.49. The minimum atomic E-state index is 0.0484. The van der Waals surface area contributed by atoms with Crippen molar-refractivity contribution in [3.05, 3.63) is 53.6 Å². The van der Waals surface area contributed by atoms with Crippen LogP contribution in [0.25, 0.3) is 0 Å². The monoisotopic (exact) mass is 270 g/mol. The summed E-state index contributed by atoms with van der Waals surface area (Å²) in [7, 11) is 0. The molecule has 102 valence electrons. The Morgan fingerprint density at radius 1 is 1.10 bits per heavy atom. The molecular weight excluding hydrogens is 256 g/mol. The van der Waals surface area contributed by atoms with Crippen molar-refractivity contribution in [3.63, 3.8) is 0 Å². The molecule has 0 bridgehead atoms. The molecule has 0 N–H and O–H groups in total. The van der Waals surface area contributed by atoms with Gasteiger partial charge in [0.05, 0.1) is 0 Å². The molecule has 2 aromatic carbocycles. The standard InChI is InChI=1S/C16H14O4/c1-11(17)13-3-5-14(6-4-13)18-9-12-2-7-15-16(8-12)20-10-19-15/h2-8H,9-10H2,1H3. The first-order chi connectivity index (χ1) is 9.72. The Balaban J connectivity index is 1.65. The second kappa shape index (κ2) is 5.25. The number of benzene rings is 2. The molecule has 0 saturated carbocycles. The van der Waals surface area contributed by atoms with E-state index in [1.807, 2.05) is 18.2 Å². The molecular formula is C16H14O4. The molecule has 0 atom stereocenters. The molecule has 2 aromatic rings. The predicted molar refractivity (Wildman–Crippen MR) is 73.3 cm³/mol. The van der Waals surface area contributed by atoms with Gasteiger partial charge in [0.1, 0.15) is 12.4 Å². The molecule has 0 spiro atoms. The smallest absolute Gasteiger partial charge is 0.231 e. The third-order valence-electron chi connectivity index (χ3n) is 3.10. The summed E-state index contributed by atoms with van der Waals surface area (Å²) in [6, 6.07) is 12.8. The molecule has 3 rings (SSSR count). The number of fused-ring (bicyclic) bond motifs is 1. The summed E-state index contributed by atoms with van der Waals surface area (Å²) < 4.78 is 16.3. The lowest BCUT2D eigenvalue weighted by Gasteiger charge is -2.07. The topological polar surface area (TPSA) is 44.8 Å². The van der Waals surface area contributed by atoms with Gasteiger partial charge in [-0.25, -0.2) is 0 Å². The number of hydrogen-bond donors (Lipinski definition) is 0. The van der Waals surface area contributed by atoms with Crippen molar-refractivity contribution in [2.24, 2.45) is 0 Å². The number of hydrogen-bond acceptors (Lipinski definition) is 4. The second-order valence-corrected chi connectivity index (χ2v) is 4.56. The van der Waals surface area contributed by atoms with E-state index >= 15 is 0 Å². The van der Waals surface area contributed by atoms with Crippen LogP contribution in [0.15, 0.2) is 42.5 Å². The van der Waals surface area contributed by atoms with Crippen LogP contribution in [-0.2, 0) is 6.61 Å². The van der Waals surface area contributed by atoms with Crippen molar-refractivity contribution in [2.45, 2.75) is 13.5 Å². The zero-order valence-corrected chi connectivity index (χ0v) is 11.1. The van der Waals surface area contributed by atoms with Crippen molar-refractivity contribution in [1.82, 2.24) is 0 Å². The lowest BCUT2D eigenvalue weighted by Crippen LogP contribution is -1.97. The third kappa shape index (κ3) is 2.59. The molecule has 0 aromatic heterocycles. The van der Waals surface area contributed by atoms with E-state index in [9.17, 15) is 4.79 Å². The molecule has 1 aliphatic rings. The molecule has 0 amide bonds. The number of ether oxygens (including phenoxy) is 3. The molecule has 0 saturated heterocycles. The van der Waals surface area contributed by atoms with Gasteiger partial charge in [0.2, 0.25) is 6.79 Å². The van der Waals surface area contributed by atoms with Crippen molar-refractivity contribution in [1.29, 1.82) is 0 Å².